The summed E-state index contributed by atoms with van der Waals surface area (Å²) in [5, 5.41) is 40.3. The zero-order valence-corrected chi connectivity index (χ0v) is 15.8. The number of methoxy groups -OCH3 is 1. The number of hydrogen-bond acceptors (Lipinski definition) is 7. The molecule has 0 saturated carbocycles. The second-order valence-electron chi connectivity index (χ2n) is 7.28. The third kappa shape index (κ3) is 3.61. The number of phenolic OH excluding ortho intramolecular Hbond substituents is 3. The molecule has 0 atom stereocenters. The summed E-state index contributed by atoms with van der Waals surface area (Å²) < 4.78 is 10.6. The minimum Gasteiger partial charge on any atom is -0.507 e. The molecule has 7 heteroatoms. The molecule has 3 aromatic rings. The fraction of sp³-hybridized carbons (Fsp3) is 0.286. The predicted octanol–water partition coefficient (Wildman–Crippen LogP) is 3.29. The van der Waals surface area contributed by atoms with Gasteiger partial charge in [0.1, 0.15) is 28.7 Å². The molecule has 0 aliphatic rings. The van der Waals surface area contributed by atoms with Gasteiger partial charge >= 0.3 is 0 Å². The summed E-state index contributed by atoms with van der Waals surface area (Å²) >= 11 is 0. The van der Waals surface area contributed by atoms with Crippen LogP contribution in [0.4, 0.5) is 0 Å². The standard InChI is InChI=1S/C21H22O7/c1-21(2,26)7-6-12-14(22)9-16(24)18-19(25)13(10-28-20(12)18)11-4-5-17(27-3)15(23)8-11/h4-5,8-10,22-24,26H,6-7H2,1-3H3. The smallest absolute Gasteiger partial charge is 0.204 e. The third-order valence-electron chi connectivity index (χ3n) is 4.58. The van der Waals surface area contributed by atoms with Gasteiger partial charge in [0, 0.05) is 11.6 Å². The lowest BCUT2D eigenvalue weighted by Gasteiger charge is -2.18. The van der Waals surface area contributed by atoms with Crippen LogP contribution in [0.1, 0.15) is 25.8 Å². The summed E-state index contributed by atoms with van der Waals surface area (Å²) in [6, 6.07) is 5.56. The Morgan fingerprint density at radius 1 is 1.07 bits per heavy atom. The number of benzene rings is 2. The van der Waals surface area contributed by atoms with E-state index in [2.05, 4.69) is 0 Å². The van der Waals surface area contributed by atoms with Crippen molar-refractivity contribution in [3.8, 4) is 34.1 Å². The molecule has 0 aliphatic heterocycles. The van der Waals surface area contributed by atoms with Gasteiger partial charge in [-0.2, -0.15) is 0 Å². The number of aromatic hydroxyl groups is 3. The van der Waals surface area contributed by atoms with E-state index < -0.39 is 16.8 Å². The lowest BCUT2D eigenvalue weighted by atomic mass is 9.96. The molecule has 3 rings (SSSR count). The molecular weight excluding hydrogens is 364 g/mol. The number of hydrogen-bond donors (Lipinski definition) is 4. The van der Waals surface area contributed by atoms with Gasteiger partial charge in [-0.15, -0.1) is 0 Å². The second-order valence-corrected chi connectivity index (χ2v) is 7.28. The molecule has 2 aromatic carbocycles. The maximum Gasteiger partial charge on any atom is 0.204 e. The highest BCUT2D eigenvalue weighted by Gasteiger charge is 2.21. The van der Waals surface area contributed by atoms with Crippen LogP contribution < -0.4 is 10.2 Å². The Bertz CT molecular complexity index is 1090. The summed E-state index contributed by atoms with van der Waals surface area (Å²) in [5.41, 5.74) is -0.561. The van der Waals surface area contributed by atoms with Gasteiger partial charge in [-0.1, -0.05) is 6.07 Å². The molecule has 0 fully saturated rings. The fourth-order valence-corrected chi connectivity index (χ4v) is 3.06. The summed E-state index contributed by atoms with van der Waals surface area (Å²) in [5.74, 6) is -0.504. The first kappa shape index (κ1) is 19.6. The highest BCUT2D eigenvalue weighted by Crippen LogP contribution is 2.37. The Labute approximate surface area is 161 Å². The highest BCUT2D eigenvalue weighted by molar-refractivity contribution is 5.90. The van der Waals surface area contributed by atoms with Crippen LogP contribution in [0.2, 0.25) is 0 Å². The van der Waals surface area contributed by atoms with E-state index in [1.54, 1.807) is 19.9 Å². The van der Waals surface area contributed by atoms with Gasteiger partial charge in [-0.05, 0) is 44.4 Å². The van der Waals surface area contributed by atoms with Gasteiger partial charge in [0.15, 0.2) is 11.5 Å². The molecule has 0 bridgehead atoms. The molecule has 148 valence electrons. The molecular formula is C21H22O7. The SMILES string of the molecule is COc1ccc(-c2coc3c(CCC(C)(C)O)c(O)cc(O)c3c2=O)cc1O. The zero-order valence-electron chi connectivity index (χ0n) is 15.8. The van der Waals surface area contributed by atoms with Gasteiger partial charge in [-0.25, -0.2) is 0 Å². The molecule has 28 heavy (non-hydrogen) atoms. The first-order valence-corrected chi connectivity index (χ1v) is 8.71. The number of fused-ring (bicyclic) bond motifs is 1. The lowest BCUT2D eigenvalue weighted by Crippen LogP contribution is -2.19. The third-order valence-corrected chi connectivity index (χ3v) is 4.58. The topological polar surface area (TPSA) is 120 Å². The van der Waals surface area contributed by atoms with Crippen molar-refractivity contribution >= 4 is 11.0 Å². The van der Waals surface area contributed by atoms with Gasteiger partial charge < -0.3 is 29.6 Å². The van der Waals surface area contributed by atoms with Crippen LogP contribution in [0.3, 0.4) is 0 Å². The molecule has 0 saturated heterocycles. The largest absolute Gasteiger partial charge is 0.507 e. The van der Waals surface area contributed by atoms with E-state index in [1.165, 1.54) is 25.5 Å². The van der Waals surface area contributed by atoms with Crippen molar-refractivity contribution in [2.24, 2.45) is 0 Å². The highest BCUT2D eigenvalue weighted by atomic mass is 16.5. The average Bonchev–Trinajstić information content (AvgIpc) is 2.60. The van der Waals surface area contributed by atoms with E-state index in [1.807, 2.05) is 0 Å². The molecule has 0 radical (unpaired) electrons. The summed E-state index contributed by atoms with van der Waals surface area (Å²) in [6.07, 6.45) is 1.79. The van der Waals surface area contributed by atoms with E-state index in [-0.39, 0.29) is 40.2 Å². The Hall–Kier alpha value is -3.19. The molecule has 0 amide bonds. The van der Waals surface area contributed by atoms with E-state index in [0.29, 0.717) is 17.5 Å². The van der Waals surface area contributed by atoms with Crippen LogP contribution in [0.5, 0.6) is 23.0 Å². The van der Waals surface area contributed by atoms with Crippen LogP contribution in [0.25, 0.3) is 22.1 Å². The maximum absolute atomic E-state index is 13.0. The van der Waals surface area contributed by atoms with Crippen molar-refractivity contribution in [2.45, 2.75) is 32.3 Å². The predicted molar refractivity (Wildman–Crippen MR) is 104 cm³/mol. The first-order valence-electron chi connectivity index (χ1n) is 8.71. The Balaban J connectivity index is 2.19. The zero-order chi connectivity index (χ0) is 20.6. The van der Waals surface area contributed by atoms with Crippen molar-refractivity contribution in [2.75, 3.05) is 7.11 Å². The van der Waals surface area contributed by atoms with Gasteiger partial charge in [0.2, 0.25) is 5.43 Å². The van der Waals surface area contributed by atoms with Crippen molar-refractivity contribution in [1.82, 2.24) is 0 Å². The van der Waals surface area contributed by atoms with Crippen LogP contribution in [0.15, 0.2) is 39.7 Å². The van der Waals surface area contributed by atoms with Gasteiger partial charge in [0.25, 0.3) is 0 Å². The number of rotatable bonds is 5. The second kappa shape index (κ2) is 7.09. The van der Waals surface area contributed by atoms with Crippen LogP contribution in [-0.2, 0) is 6.42 Å². The van der Waals surface area contributed by atoms with Crippen molar-refractivity contribution in [3.63, 3.8) is 0 Å². The molecule has 0 spiro atoms. The van der Waals surface area contributed by atoms with Crippen LogP contribution >= 0.6 is 0 Å². The fourth-order valence-electron chi connectivity index (χ4n) is 3.06. The number of aryl methyl sites for hydroxylation is 1. The van der Waals surface area contributed by atoms with E-state index in [4.69, 9.17) is 9.15 Å². The summed E-state index contributed by atoms with van der Waals surface area (Å²) in [6.45, 7) is 3.27. The first-order chi connectivity index (χ1) is 13.1. The van der Waals surface area contributed by atoms with Gasteiger partial charge in [0.05, 0.1) is 18.3 Å². The molecule has 7 nitrogen and oxygen atoms in total. The summed E-state index contributed by atoms with van der Waals surface area (Å²) in [4.78, 5) is 13.0. The molecule has 4 N–H and O–H groups in total. The Morgan fingerprint density at radius 2 is 1.79 bits per heavy atom. The number of phenols is 3. The van der Waals surface area contributed by atoms with Gasteiger partial charge in [-0.3, -0.25) is 4.79 Å². The monoisotopic (exact) mass is 386 g/mol. The van der Waals surface area contributed by atoms with Crippen molar-refractivity contribution in [1.29, 1.82) is 0 Å². The van der Waals surface area contributed by atoms with Crippen molar-refractivity contribution < 1.29 is 29.6 Å². The molecule has 1 heterocycles. The minimum absolute atomic E-state index is 0.0632. The van der Waals surface area contributed by atoms with Crippen LogP contribution in [0, 0.1) is 0 Å². The quantitative estimate of drug-likeness (QED) is 0.531. The maximum atomic E-state index is 13.0. The summed E-state index contributed by atoms with van der Waals surface area (Å²) in [7, 11) is 1.42. The number of aliphatic hydroxyl groups is 1. The Kier molecular flexibility index (Phi) is 4.95. The van der Waals surface area contributed by atoms with Crippen molar-refractivity contribution in [3.05, 3.63) is 46.3 Å². The Morgan fingerprint density at radius 3 is 2.39 bits per heavy atom. The molecule has 0 aliphatic carbocycles. The minimum atomic E-state index is -0.975. The van der Waals surface area contributed by atoms with E-state index in [0.717, 1.165) is 6.07 Å². The van der Waals surface area contributed by atoms with E-state index >= 15 is 0 Å². The normalized spacial score (nSPS) is 11.7. The molecule has 1 aromatic heterocycles. The van der Waals surface area contributed by atoms with Crippen LogP contribution in [-0.4, -0.2) is 33.1 Å². The number of ether oxygens (including phenoxy) is 1. The average molecular weight is 386 g/mol. The van der Waals surface area contributed by atoms with E-state index in [9.17, 15) is 25.2 Å². The lowest BCUT2D eigenvalue weighted by molar-refractivity contribution is 0.0713. The molecule has 0 unspecified atom stereocenters.